The van der Waals surface area contributed by atoms with Crippen LogP contribution >= 0.6 is 0 Å². The van der Waals surface area contributed by atoms with Crippen LogP contribution in [0.3, 0.4) is 0 Å². The molecule has 1 aliphatic heterocycles. The van der Waals surface area contributed by atoms with Crippen LogP contribution in [0.1, 0.15) is 37.4 Å². The van der Waals surface area contributed by atoms with Crippen LogP contribution in [0, 0.1) is 6.92 Å². The highest BCUT2D eigenvalue weighted by molar-refractivity contribution is 5.95. The summed E-state index contributed by atoms with van der Waals surface area (Å²) in [7, 11) is 0. The summed E-state index contributed by atoms with van der Waals surface area (Å²) < 4.78 is 0. The normalized spacial score (nSPS) is 21.2. The van der Waals surface area contributed by atoms with Crippen molar-refractivity contribution >= 4 is 11.8 Å². The zero-order chi connectivity index (χ0) is 14.0. The Balaban J connectivity index is 2.28. The monoisotopic (exact) mass is 260 g/mol. The highest BCUT2D eigenvalue weighted by atomic mass is 16.2. The molecule has 0 aliphatic carbocycles. The highest BCUT2D eigenvalue weighted by Crippen LogP contribution is 2.25. The molecule has 0 radical (unpaired) electrons. The Hall–Kier alpha value is -1.84. The van der Waals surface area contributed by atoms with Crippen molar-refractivity contribution in [3.63, 3.8) is 0 Å². The number of amides is 2. The molecule has 2 unspecified atom stereocenters. The summed E-state index contributed by atoms with van der Waals surface area (Å²) in [4.78, 5) is 25.7. The van der Waals surface area contributed by atoms with E-state index in [0.717, 1.165) is 5.56 Å². The van der Waals surface area contributed by atoms with Gasteiger partial charge in [0.2, 0.25) is 11.8 Å². The van der Waals surface area contributed by atoms with Crippen LogP contribution in [0.15, 0.2) is 24.3 Å². The van der Waals surface area contributed by atoms with Gasteiger partial charge in [0.25, 0.3) is 0 Å². The van der Waals surface area contributed by atoms with Crippen molar-refractivity contribution in [3.05, 3.63) is 35.4 Å². The van der Waals surface area contributed by atoms with Crippen molar-refractivity contribution in [2.75, 3.05) is 6.54 Å². The molecule has 0 aromatic heterocycles. The third-order valence-corrected chi connectivity index (χ3v) is 3.70. The van der Waals surface area contributed by atoms with Crippen LogP contribution in [0.4, 0.5) is 0 Å². The fourth-order valence-corrected chi connectivity index (χ4v) is 2.55. The Morgan fingerprint density at radius 3 is 2.53 bits per heavy atom. The van der Waals surface area contributed by atoms with Gasteiger partial charge in [0.05, 0.1) is 12.6 Å². The van der Waals surface area contributed by atoms with Crippen LogP contribution in [-0.2, 0) is 9.59 Å². The fraction of sp³-hybridized carbons (Fsp3) is 0.467. The standard InChI is InChI=1S/C15H20N2O2/c1-4-13-15(19)16-9-14(18)17(13)11(3)12-7-5-10(2)6-8-12/h5-8,11,13H,4,9H2,1-3H3,(H,16,19). The van der Waals surface area contributed by atoms with Gasteiger partial charge in [-0.1, -0.05) is 36.8 Å². The number of nitrogens with one attached hydrogen (secondary N) is 1. The van der Waals surface area contributed by atoms with Gasteiger partial charge in [-0.3, -0.25) is 9.59 Å². The molecule has 1 heterocycles. The first-order valence-corrected chi connectivity index (χ1v) is 6.70. The smallest absolute Gasteiger partial charge is 0.243 e. The van der Waals surface area contributed by atoms with E-state index >= 15 is 0 Å². The second kappa shape index (κ2) is 5.43. The number of rotatable bonds is 3. The van der Waals surface area contributed by atoms with Crippen LogP contribution < -0.4 is 5.32 Å². The summed E-state index contributed by atoms with van der Waals surface area (Å²) in [5.41, 5.74) is 2.25. The molecule has 4 nitrogen and oxygen atoms in total. The molecule has 1 aliphatic rings. The van der Waals surface area contributed by atoms with Crippen LogP contribution in [0.5, 0.6) is 0 Å². The minimum absolute atomic E-state index is 0.0143. The molecule has 2 rings (SSSR count). The maximum atomic E-state index is 12.1. The molecule has 19 heavy (non-hydrogen) atoms. The maximum Gasteiger partial charge on any atom is 0.243 e. The van der Waals surface area contributed by atoms with Crippen LogP contribution in [-0.4, -0.2) is 29.3 Å². The third-order valence-electron chi connectivity index (χ3n) is 3.70. The van der Waals surface area contributed by atoms with E-state index in [4.69, 9.17) is 0 Å². The number of piperazine rings is 1. The predicted molar refractivity (Wildman–Crippen MR) is 73.5 cm³/mol. The van der Waals surface area contributed by atoms with Crippen molar-refractivity contribution in [1.29, 1.82) is 0 Å². The zero-order valence-corrected chi connectivity index (χ0v) is 11.6. The molecule has 1 aromatic rings. The Bertz CT molecular complexity index is 481. The lowest BCUT2D eigenvalue weighted by Gasteiger charge is -2.39. The van der Waals surface area contributed by atoms with Crippen molar-refractivity contribution in [2.45, 2.75) is 39.3 Å². The molecule has 4 heteroatoms. The predicted octanol–water partition coefficient (Wildman–Crippen LogP) is 1.79. The van der Waals surface area contributed by atoms with E-state index in [0.29, 0.717) is 6.42 Å². The molecular formula is C15H20N2O2. The molecule has 102 valence electrons. The van der Waals surface area contributed by atoms with Gasteiger partial charge >= 0.3 is 0 Å². The maximum absolute atomic E-state index is 12.1. The van der Waals surface area contributed by atoms with Crippen molar-refractivity contribution in [2.24, 2.45) is 0 Å². The molecule has 2 amide bonds. The van der Waals surface area contributed by atoms with E-state index in [9.17, 15) is 9.59 Å². The van der Waals surface area contributed by atoms with Gasteiger partial charge in [-0.2, -0.15) is 0 Å². The summed E-state index contributed by atoms with van der Waals surface area (Å²) >= 11 is 0. The average molecular weight is 260 g/mol. The number of aryl methyl sites for hydroxylation is 1. The average Bonchev–Trinajstić information content (AvgIpc) is 2.41. The van der Waals surface area contributed by atoms with Gasteiger partial charge in [0.1, 0.15) is 6.04 Å². The minimum Gasteiger partial charge on any atom is -0.345 e. The van der Waals surface area contributed by atoms with Gasteiger partial charge in [0.15, 0.2) is 0 Å². The SMILES string of the molecule is CCC1C(=O)NCC(=O)N1C(C)c1ccc(C)cc1. The molecule has 2 atom stereocenters. The lowest BCUT2D eigenvalue weighted by atomic mass is 10.0. The lowest BCUT2D eigenvalue weighted by Crippen LogP contribution is -2.58. The van der Waals surface area contributed by atoms with Gasteiger partial charge in [-0.25, -0.2) is 0 Å². The minimum atomic E-state index is -0.363. The summed E-state index contributed by atoms with van der Waals surface area (Å²) in [6.45, 7) is 6.04. The largest absolute Gasteiger partial charge is 0.345 e. The molecule has 0 bridgehead atoms. The van der Waals surface area contributed by atoms with E-state index in [1.165, 1.54) is 5.56 Å². The van der Waals surface area contributed by atoms with E-state index in [1.54, 1.807) is 4.90 Å². The van der Waals surface area contributed by atoms with Crippen molar-refractivity contribution < 1.29 is 9.59 Å². The summed E-state index contributed by atoms with van der Waals surface area (Å²) in [5.74, 6) is -0.0689. The van der Waals surface area contributed by atoms with E-state index in [1.807, 2.05) is 45.0 Å². The molecule has 0 saturated carbocycles. The Kier molecular flexibility index (Phi) is 3.88. The fourth-order valence-electron chi connectivity index (χ4n) is 2.55. The van der Waals surface area contributed by atoms with E-state index in [2.05, 4.69) is 5.32 Å². The summed E-state index contributed by atoms with van der Waals surface area (Å²) in [6.07, 6.45) is 0.633. The number of carbonyl (C=O) groups excluding carboxylic acids is 2. The number of benzene rings is 1. The van der Waals surface area contributed by atoms with E-state index in [-0.39, 0.29) is 30.4 Å². The first kappa shape index (κ1) is 13.6. The summed E-state index contributed by atoms with van der Waals surface area (Å²) in [6, 6.07) is 7.66. The summed E-state index contributed by atoms with van der Waals surface area (Å²) in [5, 5.41) is 2.65. The molecule has 0 spiro atoms. The third kappa shape index (κ3) is 2.62. The number of nitrogens with zero attached hydrogens (tertiary/aromatic N) is 1. The Labute approximate surface area is 113 Å². The Morgan fingerprint density at radius 1 is 1.32 bits per heavy atom. The number of hydrogen-bond acceptors (Lipinski definition) is 2. The lowest BCUT2D eigenvalue weighted by molar-refractivity contribution is -0.148. The first-order chi connectivity index (χ1) is 9.04. The molecule has 1 fully saturated rings. The second-order valence-corrected chi connectivity index (χ2v) is 5.03. The zero-order valence-electron chi connectivity index (χ0n) is 11.6. The number of carbonyl (C=O) groups is 2. The second-order valence-electron chi connectivity index (χ2n) is 5.03. The van der Waals surface area contributed by atoms with Gasteiger partial charge in [0, 0.05) is 0 Å². The van der Waals surface area contributed by atoms with Gasteiger partial charge < -0.3 is 10.2 Å². The quantitative estimate of drug-likeness (QED) is 0.900. The van der Waals surface area contributed by atoms with Crippen LogP contribution in [0.25, 0.3) is 0 Å². The van der Waals surface area contributed by atoms with Crippen molar-refractivity contribution in [1.82, 2.24) is 10.2 Å². The Morgan fingerprint density at radius 2 is 1.95 bits per heavy atom. The molecule has 1 saturated heterocycles. The van der Waals surface area contributed by atoms with Crippen molar-refractivity contribution in [3.8, 4) is 0 Å². The molecular weight excluding hydrogens is 240 g/mol. The molecule has 1 aromatic carbocycles. The number of hydrogen-bond donors (Lipinski definition) is 1. The first-order valence-electron chi connectivity index (χ1n) is 6.70. The van der Waals surface area contributed by atoms with Crippen LogP contribution in [0.2, 0.25) is 0 Å². The van der Waals surface area contributed by atoms with E-state index < -0.39 is 0 Å². The molecule has 1 N–H and O–H groups in total. The topological polar surface area (TPSA) is 49.4 Å². The van der Waals surface area contributed by atoms with Gasteiger partial charge in [-0.15, -0.1) is 0 Å². The van der Waals surface area contributed by atoms with Gasteiger partial charge in [-0.05, 0) is 25.8 Å². The highest BCUT2D eigenvalue weighted by Gasteiger charge is 2.36.